The van der Waals surface area contributed by atoms with Crippen LogP contribution in [0.15, 0.2) is 23.3 Å². The summed E-state index contributed by atoms with van der Waals surface area (Å²) in [4.78, 5) is 35.5. The van der Waals surface area contributed by atoms with Gasteiger partial charge in [0.15, 0.2) is 0 Å². The van der Waals surface area contributed by atoms with Crippen LogP contribution in [0.25, 0.3) is 0 Å². The highest BCUT2D eigenvalue weighted by atomic mass is 16.6. The second kappa shape index (κ2) is 6.97. The van der Waals surface area contributed by atoms with Crippen LogP contribution in [-0.4, -0.2) is 48.4 Å². The molecule has 29 heavy (non-hydrogen) atoms. The maximum atomic E-state index is 12.5. The van der Waals surface area contributed by atoms with Gasteiger partial charge in [0, 0.05) is 24.0 Å². The molecule has 7 heteroatoms. The van der Waals surface area contributed by atoms with E-state index in [4.69, 9.17) is 14.2 Å². The van der Waals surface area contributed by atoms with Crippen LogP contribution in [0.5, 0.6) is 0 Å². The minimum atomic E-state index is -0.574. The molecule has 4 aliphatic rings. The molecule has 6 atom stereocenters. The molecule has 0 aromatic rings. The molecule has 1 saturated heterocycles. The third-order valence-electron chi connectivity index (χ3n) is 7.72. The van der Waals surface area contributed by atoms with Crippen molar-refractivity contribution in [3.63, 3.8) is 0 Å². The van der Waals surface area contributed by atoms with Gasteiger partial charge in [0.2, 0.25) is 0 Å². The zero-order valence-electron chi connectivity index (χ0n) is 17.1. The van der Waals surface area contributed by atoms with Crippen LogP contribution < -0.4 is 0 Å². The molecule has 1 spiro atoms. The Bertz CT molecular complexity index is 812. The van der Waals surface area contributed by atoms with E-state index in [1.54, 1.807) is 12.2 Å². The molecule has 0 aromatic heterocycles. The Balaban J connectivity index is 1.70. The smallest absolute Gasteiger partial charge is 0.334 e. The molecule has 2 aliphatic heterocycles. The van der Waals surface area contributed by atoms with Crippen molar-refractivity contribution < 1.29 is 33.7 Å². The van der Waals surface area contributed by atoms with Gasteiger partial charge >= 0.3 is 17.9 Å². The Morgan fingerprint density at radius 2 is 2.10 bits per heavy atom. The molecule has 0 unspecified atom stereocenters. The van der Waals surface area contributed by atoms with E-state index in [1.807, 2.05) is 6.92 Å². The van der Waals surface area contributed by atoms with Crippen LogP contribution in [0.4, 0.5) is 0 Å². The third-order valence-corrected chi connectivity index (χ3v) is 7.72. The zero-order chi connectivity index (χ0) is 21.0. The lowest BCUT2D eigenvalue weighted by molar-refractivity contribution is -0.156. The number of carbonyl (C=O) groups is 3. The monoisotopic (exact) mass is 404 g/mol. The number of aliphatic hydroxyl groups is 1. The highest BCUT2D eigenvalue weighted by Crippen LogP contribution is 2.64. The molecule has 7 nitrogen and oxygen atoms in total. The van der Waals surface area contributed by atoms with E-state index in [-0.39, 0.29) is 41.8 Å². The first kappa shape index (κ1) is 20.1. The maximum Gasteiger partial charge on any atom is 0.334 e. The minimum absolute atomic E-state index is 0.00261. The second-order valence-corrected chi connectivity index (χ2v) is 9.23. The molecule has 2 fully saturated rings. The van der Waals surface area contributed by atoms with Gasteiger partial charge in [0.05, 0.1) is 6.10 Å². The van der Waals surface area contributed by atoms with Gasteiger partial charge in [-0.15, -0.1) is 0 Å². The molecule has 2 aliphatic carbocycles. The van der Waals surface area contributed by atoms with E-state index in [0.29, 0.717) is 31.4 Å². The van der Waals surface area contributed by atoms with Crippen LogP contribution in [0.3, 0.4) is 0 Å². The Kier molecular flexibility index (Phi) is 4.84. The van der Waals surface area contributed by atoms with Gasteiger partial charge in [-0.05, 0) is 54.6 Å². The Labute approximate surface area is 170 Å². The van der Waals surface area contributed by atoms with Crippen molar-refractivity contribution in [2.75, 3.05) is 13.2 Å². The summed E-state index contributed by atoms with van der Waals surface area (Å²) in [5, 5.41) is 11.0. The number of cyclic esters (lactones) is 2. The molecule has 1 N–H and O–H groups in total. The van der Waals surface area contributed by atoms with Gasteiger partial charge in [-0.3, -0.25) is 4.79 Å². The minimum Gasteiger partial charge on any atom is -0.461 e. The Hall–Kier alpha value is -2.15. The fourth-order valence-electron chi connectivity index (χ4n) is 5.99. The van der Waals surface area contributed by atoms with Gasteiger partial charge in [-0.25, -0.2) is 9.59 Å². The molecule has 0 radical (unpaired) electrons. The van der Waals surface area contributed by atoms with E-state index in [1.165, 1.54) is 6.92 Å². The van der Waals surface area contributed by atoms with Crippen molar-refractivity contribution in [1.82, 2.24) is 0 Å². The van der Waals surface area contributed by atoms with Crippen LogP contribution >= 0.6 is 0 Å². The number of carbonyl (C=O) groups excluding carboxylic acids is 3. The topological polar surface area (TPSA) is 99.1 Å². The standard InChI is InChI=1S/C22H28O7/c1-12-17(24)9-22-11-28-20(26)16(22)7-15(29-13(2)23)8-18(22)21(12,3)5-4-14-6-19(25)27-10-14/h6-7,12,15,17-18,24H,4-5,8-11H2,1-3H3/t12-,15-,17-,18-,21+,22-/m1/s1. The van der Waals surface area contributed by atoms with Crippen LogP contribution in [0.2, 0.25) is 0 Å². The van der Waals surface area contributed by atoms with E-state index in [9.17, 15) is 19.5 Å². The lowest BCUT2D eigenvalue weighted by Gasteiger charge is -2.58. The fraction of sp³-hybridized carbons (Fsp3) is 0.682. The third kappa shape index (κ3) is 3.19. The first-order valence-corrected chi connectivity index (χ1v) is 10.3. The van der Waals surface area contributed by atoms with Crippen molar-refractivity contribution in [2.45, 2.75) is 58.7 Å². The highest BCUT2D eigenvalue weighted by molar-refractivity contribution is 5.93. The number of hydrogen-bond acceptors (Lipinski definition) is 7. The summed E-state index contributed by atoms with van der Waals surface area (Å²) in [5.74, 6) is -1.10. The molecule has 1 saturated carbocycles. The van der Waals surface area contributed by atoms with E-state index < -0.39 is 17.6 Å². The molecular weight excluding hydrogens is 376 g/mol. The summed E-state index contributed by atoms with van der Waals surface area (Å²) in [5.41, 5.74) is 0.580. The Morgan fingerprint density at radius 3 is 2.76 bits per heavy atom. The summed E-state index contributed by atoms with van der Waals surface area (Å²) in [6, 6.07) is 0. The van der Waals surface area contributed by atoms with Crippen molar-refractivity contribution in [3.8, 4) is 0 Å². The quantitative estimate of drug-likeness (QED) is 0.566. The number of aliphatic hydroxyl groups excluding tert-OH is 1. The molecule has 0 bridgehead atoms. The molecule has 0 amide bonds. The SMILES string of the molecule is CC(=O)O[C@@H]1C=C2C(=O)OC[C@]23C[C@@H](O)[C@@H](C)[C@](C)(CCC2=CC(=O)OC2)[C@H]3C1. The predicted octanol–water partition coefficient (Wildman–Crippen LogP) is 2.08. The molecule has 2 heterocycles. The summed E-state index contributed by atoms with van der Waals surface area (Å²) in [6.07, 6.45) is 4.66. The fourth-order valence-corrected chi connectivity index (χ4v) is 5.99. The van der Waals surface area contributed by atoms with Crippen molar-refractivity contribution in [2.24, 2.45) is 22.7 Å². The molecule has 4 rings (SSSR count). The summed E-state index contributed by atoms with van der Waals surface area (Å²) >= 11 is 0. The number of esters is 3. The van der Waals surface area contributed by atoms with Gasteiger partial charge in [-0.2, -0.15) is 0 Å². The maximum absolute atomic E-state index is 12.5. The summed E-state index contributed by atoms with van der Waals surface area (Å²) < 4.78 is 16.0. The van der Waals surface area contributed by atoms with Crippen molar-refractivity contribution in [1.29, 1.82) is 0 Å². The first-order chi connectivity index (χ1) is 13.7. The van der Waals surface area contributed by atoms with Crippen molar-refractivity contribution in [3.05, 3.63) is 23.3 Å². The van der Waals surface area contributed by atoms with Gasteiger partial charge < -0.3 is 19.3 Å². The van der Waals surface area contributed by atoms with Crippen LogP contribution in [0.1, 0.15) is 46.5 Å². The van der Waals surface area contributed by atoms with E-state index in [0.717, 1.165) is 12.0 Å². The normalized spacial score (nSPS) is 41.0. The second-order valence-electron chi connectivity index (χ2n) is 9.23. The van der Waals surface area contributed by atoms with Gasteiger partial charge in [0.1, 0.15) is 19.3 Å². The highest BCUT2D eigenvalue weighted by Gasteiger charge is 2.64. The number of ether oxygens (including phenoxy) is 3. The van der Waals surface area contributed by atoms with Gasteiger partial charge in [0.25, 0.3) is 0 Å². The van der Waals surface area contributed by atoms with Crippen molar-refractivity contribution >= 4 is 17.9 Å². The largest absolute Gasteiger partial charge is 0.461 e. The Morgan fingerprint density at radius 1 is 1.34 bits per heavy atom. The van der Waals surface area contributed by atoms with E-state index >= 15 is 0 Å². The van der Waals surface area contributed by atoms with Crippen LogP contribution in [-0.2, 0) is 28.6 Å². The summed E-state index contributed by atoms with van der Waals surface area (Å²) in [7, 11) is 0. The summed E-state index contributed by atoms with van der Waals surface area (Å²) in [6.45, 7) is 6.10. The number of hydrogen-bond donors (Lipinski definition) is 1. The number of rotatable bonds is 4. The average molecular weight is 404 g/mol. The lowest BCUT2D eigenvalue weighted by Crippen LogP contribution is -2.58. The molecule has 158 valence electrons. The van der Waals surface area contributed by atoms with E-state index in [2.05, 4.69) is 6.92 Å². The first-order valence-electron chi connectivity index (χ1n) is 10.3. The van der Waals surface area contributed by atoms with Gasteiger partial charge in [-0.1, -0.05) is 13.8 Å². The average Bonchev–Trinajstić information content (AvgIpc) is 3.21. The molecule has 0 aromatic carbocycles. The zero-order valence-corrected chi connectivity index (χ0v) is 17.1. The van der Waals surface area contributed by atoms with Crippen LogP contribution in [0, 0.1) is 22.7 Å². The molecular formula is C22H28O7. The lowest BCUT2D eigenvalue weighted by atomic mass is 9.45. The predicted molar refractivity (Wildman–Crippen MR) is 101 cm³/mol.